The average molecular weight is 388 g/mol. The number of hydrogen-bond donors (Lipinski definition) is 2. The number of carbonyl (C=O) groups excluding carboxylic acids is 2. The zero-order valence-electron chi connectivity index (χ0n) is 14.6. The van der Waals surface area contributed by atoms with Crippen LogP contribution < -0.4 is 10.6 Å². The minimum absolute atomic E-state index is 0.0778. The van der Waals surface area contributed by atoms with Crippen LogP contribution in [0.4, 0.5) is 16.2 Å². The Hall–Kier alpha value is -2.94. The molecule has 0 bridgehead atoms. The highest BCUT2D eigenvalue weighted by molar-refractivity contribution is 7.09. The minimum Gasteiger partial charge on any atom is -0.333 e. The third kappa shape index (κ3) is 5.04. The van der Waals surface area contributed by atoms with E-state index in [4.69, 9.17) is 0 Å². The predicted molar refractivity (Wildman–Crippen MR) is 103 cm³/mol. The molecule has 0 spiro atoms. The number of likely N-dealkylation sites (tertiary alicyclic amines) is 1. The lowest BCUT2D eigenvalue weighted by atomic mass is 9.97. The van der Waals surface area contributed by atoms with Crippen molar-refractivity contribution in [3.05, 3.63) is 56.8 Å². The normalized spacial score (nSPS) is 16.6. The van der Waals surface area contributed by atoms with Crippen LogP contribution in [0, 0.1) is 16.0 Å². The predicted octanol–water partition coefficient (Wildman–Crippen LogP) is 3.22. The molecule has 142 valence electrons. The number of thiophene rings is 1. The lowest BCUT2D eigenvalue weighted by molar-refractivity contribution is -0.384. The van der Waals surface area contributed by atoms with Crippen LogP contribution in [0.3, 0.4) is 0 Å². The average Bonchev–Trinajstić information content (AvgIpc) is 3.20. The van der Waals surface area contributed by atoms with E-state index in [1.54, 1.807) is 22.3 Å². The molecule has 1 aliphatic rings. The number of nitro benzene ring substituents is 1. The van der Waals surface area contributed by atoms with E-state index in [2.05, 4.69) is 10.6 Å². The van der Waals surface area contributed by atoms with Crippen molar-refractivity contribution < 1.29 is 14.5 Å². The number of carbonyl (C=O) groups is 2. The molecule has 27 heavy (non-hydrogen) atoms. The van der Waals surface area contributed by atoms with E-state index in [1.807, 2.05) is 17.5 Å². The van der Waals surface area contributed by atoms with Gasteiger partial charge < -0.3 is 15.5 Å². The molecule has 1 aliphatic heterocycles. The maximum Gasteiger partial charge on any atom is 0.317 e. The number of nitrogens with zero attached hydrogens (tertiary/aromatic N) is 2. The monoisotopic (exact) mass is 388 g/mol. The van der Waals surface area contributed by atoms with Crippen molar-refractivity contribution in [2.75, 3.05) is 18.4 Å². The van der Waals surface area contributed by atoms with Crippen LogP contribution in [0.15, 0.2) is 41.8 Å². The van der Waals surface area contributed by atoms with Gasteiger partial charge in [-0.2, -0.15) is 0 Å². The van der Waals surface area contributed by atoms with Crippen molar-refractivity contribution >= 4 is 34.6 Å². The molecule has 1 saturated heterocycles. The van der Waals surface area contributed by atoms with E-state index < -0.39 is 4.92 Å². The Morgan fingerprint density at radius 3 is 2.89 bits per heavy atom. The van der Waals surface area contributed by atoms with Gasteiger partial charge in [-0.25, -0.2) is 4.79 Å². The highest BCUT2D eigenvalue weighted by atomic mass is 32.1. The lowest BCUT2D eigenvalue weighted by Gasteiger charge is -2.32. The minimum atomic E-state index is -0.504. The quantitative estimate of drug-likeness (QED) is 0.606. The third-order valence-electron chi connectivity index (χ3n) is 4.40. The molecule has 1 atom stereocenters. The maximum atomic E-state index is 12.5. The van der Waals surface area contributed by atoms with E-state index >= 15 is 0 Å². The molecule has 1 unspecified atom stereocenters. The number of non-ortho nitro benzene ring substituents is 1. The number of nitro groups is 1. The summed E-state index contributed by atoms with van der Waals surface area (Å²) in [4.78, 5) is 37.9. The topological polar surface area (TPSA) is 105 Å². The van der Waals surface area contributed by atoms with Gasteiger partial charge in [0.05, 0.1) is 17.4 Å². The molecule has 9 heteroatoms. The highest BCUT2D eigenvalue weighted by Gasteiger charge is 2.28. The van der Waals surface area contributed by atoms with Crippen LogP contribution >= 0.6 is 11.3 Å². The van der Waals surface area contributed by atoms with Gasteiger partial charge in [-0.3, -0.25) is 14.9 Å². The standard InChI is InChI=1S/C18H20N4O4S/c23-17(20-14-5-1-6-15(10-14)22(25)26)13-4-2-8-21(12-13)18(24)19-11-16-7-3-9-27-16/h1,3,5-7,9-10,13H,2,4,8,11-12H2,(H,19,24)(H,20,23). The largest absolute Gasteiger partial charge is 0.333 e. The van der Waals surface area contributed by atoms with E-state index in [1.165, 1.54) is 18.2 Å². The Morgan fingerprint density at radius 2 is 2.15 bits per heavy atom. The number of rotatable bonds is 5. The molecule has 0 aliphatic carbocycles. The van der Waals surface area contributed by atoms with Gasteiger partial charge in [-0.1, -0.05) is 12.1 Å². The second kappa shape index (κ2) is 8.63. The van der Waals surface area contributed by atoms with Crippen molar-refractivity contribution in [2.45, 2.75) is 19.4 Å². The zero-order chi connectivity index (χ0) is 19.2. The first-order chi connectivity index (χ1) is 13.0. The molecular formula is C18H20N4O4S. The van der Waals surface area contributed by atoms with Gasteiger partial charge in [0.1, 0.15) is 0 Å². The van der Waals surface area contributed by atoms with Gasteiger partial charge in [0.2, 0.25) is 5.91 Å². The first kappa shape index (κ1) is 18.8. The summed E-state index contributed by atoms with van der Waals surface area (Å²) in [5, 5.41) is 18.4. The Kier molecular flexibility index (Phi) is 6.02. The zero-order valence-corrected chi connectivity index (χ0v) is 15.4. The number of amides is 3. The molecule has 2 N–H and O–H groups in total. The van der Waals surface area contributed by atoms with Crippen LogP contribution in [-0.4, -0.2) is 34.9 Å². The van der Waals surface area contributed by atoms with Crippen molar-refractivity contribution in [3.8, 4) is 0 Å². The van der Waals surface area contributed by atoms with E-state index in [9.17, 15) is 19.7 Å². The molecule has 1 aromatic carbocycles. The number of hydrogen-bond acceptors (Lipinski definition) is 5. The Labute approximate surface area is 160 Å². The summed E-state index contributed by atoms with van der Waals surface area (Å²) >= 11 is 1.58. The smallest absolute Gasteiger partial charge is 0.317 e. The lowest BCUT2D eigenvalue weighted by Crippen LogP contribution is -2.47. The van der Waals surface area contributed by atoms with Gasteiger partial charge in [0, 0.05) is 35.8 Å². The van der Waals surface area contributed by atoms with Gasteiger partial charge in [0.15, 0.2) is 0 Å². The van der Waals surface area contributed by atoms with Gasteiger partial charge in [-0.05, 0) is 30.4 Å². The highest BCUT2D eigenvalue weighted by Crippen LogP contribution is 2.21. The van der Waals surface area contributed by atoms with Gasteiger partial charge >= 0.3 is 6.03 Å². The molecule has 0 saturated carbocycles. The Balaban J connectivity index is 1.55. The molecule has 0 radical (unpaired) electrons. The van der Waals surface area contributed by atoms with E-state index in [0.717, 1.165) is 11.3 Å². The summed E-state index contributed by atoms with van der Waals surface area (Å²) in [6.07, 6.45) is 1.41. The van der Waals surface area contributed by atoms with Crippen molar-refractivity contribution in [1.29, 1.82) is 0 Å². The number of urea groups is 1. The number of piperidine rings is 1. The summed E-state index contributed by atoms with van der Waals surface area (Å²) in [6.45, 7) is 1.41. The van der Waals surface area contributed by atoms with Crippen molar-refractivity contribution in [3.63, 3.8) is 0 Å². The SMILES string of the molecule is O=C(Nc1cccc([N+](=O)[O-])c1)C1CCCN(C(=O)NCc2cccs2)C1. The molecule has 3 rings (SSSR count). The second-order valence-electron chi connectivity index (χ2n) is 6.32. The van der Waals surface area contributed by atoms with E-state index in [0.29, 0.717) is 31.7 Å². The van der Waals surface area contributed by atoms with Crippen molar-refractivity contribution in [1.82, 2.24) is 10.2 Å². The van der Waals surface area contributed by atoms with E-state index in [-0.39, 0.29) is 23.5 Å². The summed E-state index contributed by atoms with van der Waals surface area (Å²) < 4.78 is 0. The third-order valence-corrected chi connectivity index (χ3v) is 5.27. The summed E-state index contributed by atoms with van der Waals surface area (Å²) in [5.74, 6) is -0.572. The summed E-state index contributed by atoms with van der Waals surface area (Å²) in [6, 6.07) is 9.54. The number of anilines is 1. The maximum absolute atomic E-state index is 12.5. The van der Waals surface area contributed by atoms with Gasteiger partial charge in [0.25, 0.3) is 5.69 Å². The second-order valence-corrected chi connectivity index (χ2v) is 7.35. The number of benzene rings is 1. The fraction of sp³-hybridized carbons (Fsp3) is 0.333. The first-order valence-corrected chi connectivity index (χ1v) is 9.51. The summed E-state index contributed by atoms with van der Waals surface area (Å²) in [7, 11) is 0. The Bertz CT molecular complexity index is 825. The van der Waals surface area contributed by atoms with Crippen LogP contribution in [-0.2, 0) is 11.3 Å². The molecular weight excluding hydrogens is 368 g/mol. The summed E-state index contributed by atoms with van der Waals surface area (Å²) in [5.41, 5.74) is 0.305. The molecule has 1 aromatic heterocycles. The van der Waals surface area contributed by atoms with Crippen LogP contribution in [0.5, 0.6) is 0 Å². The molecule has 2 heterocycles. The Morgan fingerprint density at radius 1 is 1.30 bits per heavy atom. The van der Waals surface area contributed by atoms with Crippen LogP contribution in [0.25, 0.3) is 0 Å². The fourth-order valence-corrected chi connectivity index (χ4v) is 3.65. The molecule has 2 aromatic rings. The fourth-order valence-electron chi connectivity index (χ4n) is 3.00. The van der Waals surface area contributed by atoms with Crippen LogP contribution in [0.1, 0.15) is 17.7 Å². The molecule has 3 amide bonds. The molecule has 1 fully saturated rings. The van der Waals surface area contributed by atoms with Crippen LogP contribution in [0.2, 0.25) is 0 Å². The molecule has 8 nitrogen and oxygen atoms in total. The van der Waals surface area contributed by atoms with Gasteiger partial charge in [-0.15, -0.1) is 11.3 Å². The van der Waals surface area contributed by atoms with Crippen molar-refractivity contribution in [2.24, 2.45) is 5.92 Å². The number of nitrogens with one attached hydrogen (secondary N) is 2. The first-order valence-electron chi connectivity index (χ1n) is 8.63.